The number of amides is 1. The first-order chi connectivity index (χ1) is 12.8. The lowest BCUT2D eigenvalue weighted by molar-refractivity contribution is 0.102. The Morgan fingerprint density at radius 1 is 1.15 bits per heavy atom. The first-order valence-electron chi connectivity index (χ1n) is 8.52. The minimum atomic E-state index is -3.58. The summed E-state index contributed by atoms with van der Waals surface area (Å²) in [5.74, 6) is -0.448. The maximum absolute atomic E-state index is 12.9. The molecule has 1 fully saturated rings. The molecule has 3 rings (SSSR count). The van der Waals surface area contributed by atoms with Gasteiger partial charge in [0.05, 0.1) is 15.5 Å². The van der Waals surface area contributed by atoms with Gasteiger partial charge < -0.3 is 5.32 Å². The highest BCUT2D eigenvalue weighted by Gasteiger charge is 2.26. The summed E-state index contributed by atoms with van der Waals surface area (Å²) in [6.45, 7) is 2.83. The van der Waals surface area contributed by atoms with Gasteiger partial charge in [0.1, 0.15) is 5.15 Å². The Labute approximate surface area is 168 Å². The summed E-state index contributed by atoms with van der Waals surface area (Å²) in [7, 11) is -3.58. The molecule has 0 atom stereocenters. The number of pyridine rings is 1. The molecule has 1 aliphatic heterocycles. The van der Waals surface area contributed by atoms with Crippen LogP contribution in [0.2, 0.25) is 10.2 Å². The second-order valence-electron chi connectivity index (χ2n) is 6.39. The van der Waals surface area contributed by atoms with Gasteiger partial charge in [-0.3, -0.25) is 4.79 Å². The van der Waals surface area contributed by atoms with Crippen molar-refractivity contribution >= 4 is 44.8 Å². The quantitative estimate of drug-likeness (QED) is 0.743. The van der Waals surface area contributed by atoms with Crippen molar-refractivity contribution in [3.05, 3.63) is 51.8 Å². The molecule has 1 aromatic carbocycles. The van der Waals surface area contributed by atoms with Crippen LogP contribution in [-0.4, -0.2) is 36.7 Å². The van der Waals surface area contributed by atoms with Crippen molar-refractivity contribution in [2.75, 3.05) is 18.4 Å². The number of carbonyl (C=O) groups excluding carboxylic acids is 1. The summed E-state index contributed by atoms with van der Waals surface area (Å²) in [5, 5.41) is 3.00. The van der Waals surface area contributed by atoms with E-state index in [-0.39, 0.29) is 20.6 Å². The minimum absolute atomic E-state index is 0.110. The zero-order valence-corrected chi connectivity index (χ0v) is 17.0. The minimum Gasteiger partial charge on any atom is -0.322 e. The maximum Gasteiger partial charge on any atom is 0.257 e. The molecule has 2 heterocycles. The number of hydrogen-bond acceptors (Lipinski definition) is 4. The summed E-state index contributed by atoms with van der Waals surface area (Å²) in [5.41, 5.74) is 1.39. The van der Waals surface area contributed by atoms with Crippen LogP contribution in [0.25, 0.3) is 0 Å². The van der Waals surface area contributed by atoms with E-state index in [2.05, 4.69) is 10.3 Å². The van der Waals surface area contributed by atoms with Crippen LogP contribution in [0.4, 0.5) is 5.69 Å². The number of sulfonamides is 1. The number of hydrogen-bond donors (Lipinski definition) is 1. The van der Waals surface area contributed by atoms with Gasteiger partial charge in [0, 0.05) is 25.0 Å². The van der Waals surface area contributed by atoms with Crippen LogP contribution < -0.4 is 5.32 Å². The average Bonchev–Trinajstić information content (AvgIpc) is 2.66. The van der Waals surface area contributed by atoms with Crippen LogP contribution in [0, 0.1) is 6.92 Å². The molecular weight excluding hydrogens is 409 g/mol. The van der Waals surface area contributed by atoms with Crippen molar-refractivity contribution in [2.45, 2.75) is 31.1 Å². The fourth-order valence-corrected chi connectivity index (χ4v) is 4.70. The van der Waals surface area contributed by atoms with Crippen molar-refractivity contribution in [1.82, 2.24) is 9.29 Å². The number of nitrogens with zero attached hydrogens (tertiary/aromatic N) is 2. The van der Waals surface area contributed by atoms with E-state index in [1.165, 1.54) is 22.6 Å². The van der Waals surface area contributed by atoms with Gasteiger partial charge in [-0.2, -0.15) is 4.31 Å². The van der Waals surface area contributed by atoms with Gasteiger partial charge in [-0.25, -0.2) is 13.4 Å². The summed E-state index contributed by atoms with van der Waals surface area (Å²) >= 11 is 11.7. The van der Waals surface area contributed by atoms with Crippen LogP contribution in [0.1, 0.15) is 35.2 Å². The molecule has 1 aliphatic rings. The molecule has 0 spiro atoms. The first-order valence-corrected chi connectivity index (χ1v) is 10.7. The van der Waals surface area contributed by atoms with E-state index in [1.54, 1.807) is 19.1 Å². The third-order valence-corrected chi connectivity index (χ3v) is 7.05. The van der Waals surface area contributed by atoms with Crippen molar-refractivity contribution in [3.63, 3.8) is 0 Å². The molecular formula is C18H19Cl2N3O3S. The lowest BCUT2D eigenvalue weighted by Gasteiger charge is -2.26. The second kappa shape index (κ2) is 8.14. The number of carbonyl (C=O) groups is 1. The van der Waals surface area contributed by atoms with Gasteiger partial charge in [0.25, 0.3) is 5.91 Å². The van der Waals surface area contributed by atoms with Crippen molar-refractivity contribution in [1.29, 1.82) is 0 Å². The SMILES string of the molecule is Cc1ccc(S(=O)(=O)N2CCCCC2)cc1NC(=O)c1cnc(Cl)c(Cl)c1. The van der Waals surface area contributed by atoms with E-state index in [4.69, 9.17) is 23.2 Å². The van der Waals surface area contributed by atoms with E-state index in [9.17, 15) is 13.2 Å². The summed E-state index contributed by atoms with van der Waals surface area (Å²) < 4.78 is 27.2. The number of piperidine rings is 1. The smallest absolute Gasteiger partial charge is 0.257 e. The number of anilines is 1. The number of nitrogens with one attached hydrogen (secondary N) is 1. The number of aryl methyl sites for hydroxylation is 1. The molecule has 1 aromatic heterocycles. The monoisotopic (exact) mass is 427 g/mol. The van der Waals surface area contributed by atoms with Crippen molar-refractivity contribution < 1.29 is 13.2 Å². The molecule has 1 N–H and O–H groups in total. The number of benzene rings is 1. The van der Waals surface area contributed by atoms with Gasteiger partial charge in [-0.1, -0.05) is 35.7 Å². The van der Waals surface area contributed by atoms with Crippen molar-refractivity contribution in [2.24, 2.45) is 0 Å². The predicted molar refractivity (Wildman–Crippen MR) is 106 cm³/mol. The molecule has 1 amide bonds. The summed E-state index contributed by atoms with van der Waals surface area (Å²) in [6.07, 6.45) is 4.07. The zero-order chi connectivity index (χ0) is 19.6. The summed E-state index contributed by atoms with van der Waals surface area (Å²) in [6, 6.07) is 6.15. The first kappa shape index (κ1) is 20.1. The normalized spacial score (nSPS) is 15.5. The summed E-state index contributed by atoms with van der Waals surface area (Å²) in [4.78, 5) is 16.5. The van der Waals surface area contributed by atoms with Gasteiger partial charge in [0.15, 0.2) is 0 Å². The van der Waals surface area contributed by atoms with Crippen LogP contribution in [-0.2, 0) is 10.0 Å². The molecule has 0 aliphatic carbocycles. The highest BCUT2D eigenvalue weighted by molar-refractivity contribution is 7.89. The molecule has 9 heteroatoms. The maximum atomic E-state index is 12.9. The lowest BCUT2D eigenvalue weighted by Crippen LogP contribution is -2.35. The molecule has 2 aromatic rings. The number of halogens is 2. The fourth-order valence-electron chi connectivity index (χ4n) is 2.89. The Bertz CT molecular complexity index is 974. The largest absolute Gasteiger partial charge is 0.322 e. The van der Waals surface area contributed by atoms with Gasteiger partial charge in [-0.15, -0.1) is 0 Å². The number of aromatic nitrogens is 1. The van der Waals surface area contributed by atoms with E-state index >= 15 is 0 Å². The third-order valence-electron chi connectivity index (χ3n) is 4.47. The highest BCUT2D eigenvalue weighted by atomic mass is 35.5. The molecule has 27 heavy (non-hydrogen) atoms. The Morgan fingerprint density at radius 3 is 2.52 bits per heavy atom. The van der Waals surface area contributed by atoms with E-state index in [0.717, 1.165) is 24.8 Å². The highest BCUT2D eigenvalue weighted by Crippen LogP contribution is 2.26. The Morgan fingerprint density at radius 2 is 1.85 bits per heavy atom. The molecule has 0 saturated carbocycles. The molecule has 0 bridgehead atoms. The Kier molecular flexibility index (Phi) is 6.05. The third kappa shape index (κ3) is 4.43. The molecule has 1 saturated heterocycles. The zero-order valence-electron chi connectivity index (χ0n) is 14.7. The van der Waals surface area contributed by atoms with E-state index in [1.807, 2.05) is 0 Å². The Balaban J connectivity index is 1.87. The standard InChI is InChI=1S/C18H19Cl2N3O3S/c1-12-5-6-14(27(25,26)23-7-3-2-4-8-23)10-16(12)22-18(24)13-9-15(19)17(20)21-11-13/h5-6,9-11H,2-4,7-8H2,1H3,(H,22,24). The van der Waals surface area contributed by atoms with E-state index in [0.29, 0.717) is 18.8 Å². The molecule has 6 nitrogen and oxygen atoms in total. The topological polar surface area (TPSA) is 79.4 Å². The fraction of sp³-hybridized carbons (Fsp3) is 0.333. The molecule has 0 unspecified atom stereocenters. The molecule has 0 radical (unpaired) electrons. The molecule has 144 valence electrons. The lowest BCUT2D eigenvalue weighted by atomic mass is 10.2. The predicted octanol–water partition coefficient (Wildman–Crippen LogP) is 4.12. The van der Waals surface area contributed by atoms with Crippen molar-refractivity contribution in [3.8, 4) is 0 Å². The Hall–Kier alpha value is -1.67. The van der Waals surface area contributed by atoms with Crippen LogP contribution in [0.15, 0.2) is 35.4 Å². The van der Waals surface area contributed by atoms with Gasteiger partial charge >= 0.3 is 0 Å². The number of rotatable bonds is 4. The van der Waals surface area contributed by atoms with Gasteiger partial charge in [-0.05, 0) is 43.5 Å². The van der Waals surface area contributed by atoms with Crippen LogP contribution in [0.5, 0.6) is 0 Å². The van der Waals surface area contributed by atoms with Crippen LogP contribution >= 0.6 is 23.2 Å². The van der Waals surface area contributed by atoms with E-state index < -0.39 is 15.9 Å². The van der Waals surface area contributed by atoms with Gasteiger partial charge in [0.2, 0.25) is 10.0 Å². The van der Waals surface area contributed by atoms with Crippen LogP contribution in [0.3, 0.4) is 0 Å². The average molecular weight is 428 g/mol. The second-order valence-corrected chi connectivity index (χ2v) is 9.10.